The number of carboxylic acids is 1. The first-order valence-corrected chi connectivity index (χ1v) is 1.19. The van der Waals surface area contributed by atoms with Crippen LogP contribution in [0, 0.1) is 0 Å². The third-order valence-corrected chi connectivity index (χ3v) is 0.175. The summed E-state index contributed by atoms with van der Waals surface area (Å²) in [5, 5.41) is 7.60. The quantitative estimate of drug-likeness (QED) is 0.721. The van der Waals surface area contributed by atoms with Crippen LogP contribution in [0.4, 0.5) is 0 Å². The van der Waals surface area contributed by atoms with Gasteiger partial charge in [0.2, 0.25) is 0 Å². The van der Waals surface area contributed by atoms with Crippen molar-refractivity contribution in [2.75, 3.05) is 6.54 Å². The van der Waals surface area contributed by atoms with Crippen molar-refractivity contribution in [3.8, 4) is 0 Å². The smallest absolute Gasteiger partial charge is 0.317 e. The number of carbonyl (C=O) groups is 1. The zero-order valence-electron chi connectivity index (χ0n) is 5.18. The van der Waals surface area contributed by atoms with Gasteiger partial charge >= 0.3 is 5.97 Å². The fourth-order valence-electron chi connectivity index (χ4n) is 0. The highest BCUT2D eigenvalue weighted by Gasteiger charge is 1.81. The van der Waals surface area contributed by atoms with Crippen LogP contribution in [0.2, 0.25) is 0 Å². The molecule has 0 atom stereocenters. The summed E-state index contributed by atoms with van der Waals surface area (Å²) in [5.74, 6) is -0.968. The molecule has 0 aliphatic carbocycles. The van der Waals surface area contributed by atoms with Crippen LogP contribution in [0.5, 0.6) is 0 Å². The Labute approximate surface area is 95.6 Å². The van der Waals surface area contributed by atoms with Crippen LogP contribution in [0.25, 0.3) is 0 Å². The molecule has 0 unspecified atom stereocenters. The number of halogens is 5. The molecule has 0 aliphatic rings. The van der Waals surface area contributed by atoms with Gasteiger partial charge in [-0.05, 0) is 0 Å². The average molecular weight is 275 g/mol. The number of hydrogen-bond donors (Lipinski definition) is 2. The lowest BCUT2D eigenvalue weighted by Gasteiger charge is -1.73. The van der Waals surface area contributed by atoms with Gasteiger partial charge in [0.15, 0.2) is 0 Å². The third kappa shape index (κ3) is 105. The summed E-state index contributed by atoms with van der Waals surface area (Å²) in [7, 11) is 0. The van der Waals surface area contributed by atoms with E-state index in [1.54, 1.807) is 0 Å². The second-order valence-corrected chi connectivity index (χ2v) is 0.598. The highest BCUT2D eigenvalue weighted by molar-refractivity contribution is 5.86. The summed E-state index contributed by atoms with van der Waals surface area (Å²) < 4.78 is 0. The molecule has 78 valence electrons. The maximum Gasteiger partial charge on any atom is 0.317 e. The minimum atomic E-state index is -0.968. The Bertz CT molecular complexity index is 55.0. The van der Waals surface area contributed by atoms with Crippen molar-refractivity contribution >= 4 is 68.0 Å². The second-order valence-electron chi connectivity index (χ2n) is 0.598. The first-order valence-electron chi connectivity index (χ1n) is 1.19. The average Bonchev–Trinajstić information content (AvgIpc) is 1.38. The molecule has 0 heterocycles. The number of carboxylic acid groups (broad SMARTS) is 1. The summed E-state index contributed by atoms with van der Waals surface area (Å²) in [6.07, 6.45) is 0. The van der Waals surface area contributed by atoms with E-state index < -0.39 is 5.97 Å². The summed E-state index contributed by atoms with van der Waals surface area (Å²) >= 11 is 0. The van der Waals surface area contributed by atoms with E-state index in [1.807, 2.05) is 0 Å². The molecule has 0 spiro atoms. The molecule has 0 aromatic carbocycles. The standard InChI is InChI=1S/C2H5NO2.5ClH.H2O/c3-1-2(4)5;;;;;;/h1,3H2,(H,4,5);5*1H;1H2. The highest BCUT2D eigenvalue weighted by Crippen LogP contribution is 1.43. The molecular weight excluding hydrogens is 263 g/mol. The van der Waals surface area contributed by atoms with E-state index in [1.165, 1.54) is 0 Å². The Morgan fingerprint density at radius 1 is 1.09 bits per heavy atom. The van der Waals surface area contributed by atoms with Crippen LogP contribution in [-0.4, -0.2) is 23.1 Å². The van der Waals surface area contributed by atoms with E-state index in [2.05, 4.69) is 5.73 Å². The van der Waals surface area contributed by atoms with E-state index in [0.29, 0.717) is 0 Å². The van der Waals surface area contributed by atoms with Crippen molar-refractivity contribution in [3.05, 3.63) is 0 Å². The van der Waals surface area contributed by atoms with E-state index in [4.69, 9.17) is 5.11 Å². The summed E-state index contributed by atoms with van der Waals surface area (Å²) in [4.78, 5) is 9.24. The highest BCUT2D eigenvalue weighted by atomic mass is 35.5. The Hall–Kier alpha value is 0.840. The minimum Gasteiger partial charge on any atom is -0.480 e. The maximum absolute atomic E-state index is 9.24. The SMILES string of the molecule is Cl.Cl.Cl.Cl.Cl.NCC(=O)O.O. The van der Waals surface area contributed by atoms with Crippen LogP contribution in [0.1, 0.15) is 0 Å². The fourth-order valence-corrected chi connectivity index (χ4v) is 0. The predicted octanol–water partition coefficient (Wildman–Crippen LogP) is 0.314. The Morgan fingerprint density at radius 3 is 1.18 bits per heavy atom. The lowest BCUT2D eigenvalue weighted by atomic mass is 10.7. The summed E-state index contributed by atoms with van der Waals surface area (Å²) in [5.41, 5.74) is 4.57. The second kappa shape index (κ2) is 44.8. The van der Waals surface area contributed by atoms with Crippen molar-refractivity contribution in [1.82, 2.24) is 0 Å². The van der Waals surface area contributed by atoms with Crippen molar-refractivity contribution in [1.29, 1.82) is 0 Å². The van der Waals surface area contributed by atoms with Gasteiger partial charge in [-0.1, -0.05) is 0 Å². The molecule has 9 heteroatoms. The summed E-state index contributed by atoms with van der Waals surface area (Å²) in [6.45, 7) is -0.278. The van der Waals surface area contributed by atoms with Gasteiger partial charge in [0, 0.05) is 0 Å². The van der Waals surface area contributed by atoms with Crippen LogP contribution in [0.15, 0.2) is 0 Å². The Balaban J connectivity index is -0.00000000533. The van der Waals surface area contributed by atoms with Crippen molar-refractivity contribution < 1.29 is 15.4 Å². The molecule has 0 fully saturated rings. The van der Waals surface area contributed by atoms with Gasteiger partial charge in [-0.15, -0.1) is 62.0 Å². The topological polar surface area (TPSA) is 94.8 Å². The van der Waals surface area contributed by atoms with Crippen LogP contribution in [-0.2, 0) is 4.79 Å². The normalized spacial score (nSPS) is 3.36. The van der Waals surface area contributed by atoms with Crippen molar-refractivity contribution in [2.24, 2.45) is 5.73 Å². The number of hydrogen-bond acceptors (Lipinski definition) is 2. The molecule has 0 radical (unpaired) electrons. The van der Waals surface area contributed by atoms with E-state index >= 15 is 0 Å². The Kier molecular flexibility index (Phi) is 242. The van der Waals surface area contributed by atoms with Gasteiger partial charge in [0.1, 0.15) is 0 Å². The van der Waals surface area contributed by atoms with Gasteiger partial charge in [-0.2, -0.15) is 0 Å². The first kappa shape index (κ1) is 59.4. The number of nitrogens with two attached hydrogens (primary N) is 1. The van der Waals surface area contributed by atoms with Crippen molar-refractivity contribution in [3.63, 3.8) is 0 Å². The molecule has 0 aliphatic heterocycles. The Morgan fingerprint density at radius 2 is 1.18 bits per heavy atom. The molecule has 0 amide bonds. The monoisotopic (exact) mass is 273 g/mol. The third-order valence-electron chi connectivity index (χ3n) is 0.175. The zero-order chi connectivity index (χ0) is 4.28. The van der Waals surface area contributed by atoms with Gasteiger partial charge in [-0.3, -0.25) is 4.79 Å². The predicted molar refractivity (Wildman–Crippen MR) is 56.5 cm³/mol. The molecule has 0 saturated heterocycles. The minimum absolute atomic E-state index is 0. The van der Waals surface area contributed by atoms with Crippen LogP contribution in [0.3, 0.4) is 0 Å². The van der Waals surface area contributed by atoms with Gasteiger partial charge in [0.25, 0.3) is 0 Å². The van der Waals surface area contributed by atoms with Gasteiger partial charge in [0.05, 0.1) is 6.54 Å². The largest absolute Gasteiger partial charge is 0.480 e. The van der Waals surface area contributed by atoms with Crippen molar-refractivity contribution in [2.45, 2.75) is 0 Å². The number of aliphatic carboxylic acids is 1. The molecule has 0 saturated carbocycles. The molecular formula is C2H12Cl5NO3. The van der Waals surface area contributed by atoms with Crippen LogP contribution >= 0.6 is 62.0 Å². The van der Waals surface area contributed by atoms with Gasteiger partial charge < -0.3 is 16.3 Å². The lowest BCUT2D eigenvalue weighted by Crippen LogP contribution is -2.10. The van der Waals surface area contributed by atoms with E-state index in [9.17, 15) is 4.79 Å². The van der Waals surface area contributed by atoms with E-state index in [-0.39, 0.29) is 74.1 Å². The maximum atomic E-state index is 9.24. The number of rotatable bonds is 1. The lowest BCUT2D eigenvalue weighted by molar-refractivity contribution is -0.135. The molecule has 0 rings (SSSR count). The molecule has 11 heavy (non-hydrogen) atoms. The molecule has 4 nitrogen and oxygen atoms in total. The molecule has 0 aromatic heterocycles. The molecule has 0 bridgehead atoms. The first-order chi connectivity index (χ1) is 2.27. The molecule has 0 aromatic rings. The van der Waals surface area contributed by atoms with Crippen LogP contribution < -0.4 is 5.73 Å². The zero-order valence-corrected chi connectivity index (χ0v) is 9.26. The van der Waals surface area contributed by atoms with E-state index in [0.717, 1.165) is 0 Å². The summed E-state index contributed by atoms with van der Waals surface area (Å²) in [6, 6.07) is 0. The fraction of sp³-hybridized carbons (Fsp3) is 0.500. The molecule has 5 N–H and O–H groups in total. The van der Waals surface area contributed by atoms with Gasteiger partial charge in [-0.25, -0.2) is 0 Å².